The number of esters is 1. The van der Waals surface area contributed by atoms with Crippen LogP contribution in [0.1, 0.15) is 45.2 Å². The van der Waals surface area contributed by atoms with E-state index in [9.17, 15) is 4.79 Å². The van der Waals surface area contributed by atoms with Crippen molar-refractivity contribution in [3.63, 3.8) is 0 Å². The van der Waals surface area contributed by atoms with E-state index in [0.29, 0.717) is 0 Å². The van der Waals surface area contributed by atoms with E-state index in [1.807, 2.05) is 41.5 Å². The fourth-order valence-electron chi connectivity index (χ4n) is 1.25. The average molecular weight is 303 g/mol. The molecule has 1 aromatic rings. The van der Waals surface area contributed by atoms with Crippen LogP contribution in [-0.2, 0) is 16.1 Å². The molecule has 1 rings (SSSR count). The molecule has 4 nitrogen and oxygen atoms in total. The summed E-state index contributed by atoms with van der Waals surface area (Å²) in [6.45, 7) is 11.0. The quantitative estimate of drug-likeness (QED) is 0.684. The lowest BCUT2D eigenvalue weighted by molar-refractivity contribution is -0.156. The molecule has 0 saturated carbocycles. The standard InChI is InChI=1S/C13H21NO3S2/c1-8-9(7-15)18-11(14-8)19-13(5,6)10(16)17-12(2,3)4/h15H,7H2,1-6H3. The summed E-state index contributed by atoms with van der Waals surface area (Å²) in [5.74, 6) is -0.261. The number of aryl methyl sites for hydroxylation is 1. The number of thioether (sulfide) groups is 1. The fraction of sp³-hybridized carbons (Fsp3) is 0.692. The molecule has 1 N–H and O–H groups in total. The van der Waals surface area contributed by atoms with Crippen molar-refractivity contribution < 1.29 is 14.6 Å². The molecule has 19 heavy (non-hydrogen) atoms. The second-order valence-electron chi connectivity index (χ2n) is 5.76. The van der Waals surface area contributed by atoms with Gasteiger partial charge in [-0.2, -0.15) is 0 Å². The number of aliphatic hydroxyl groups is 1. The van der Waals surface area contributed by atoms with E-state index in [-0.39, 0.29) is 12.6 Å². The summed E-state index contributed by atoms with van der Waals surface area (Å²) in [6, 6.07) is 0. The van der Waals surface area contributed by atoms with Gasteiger partial charge in [-0.1, -0.05) is 11.8 Å². The average Bonchev–Trinajstić information content (AvgIpc) is 2.55. The number of nitrogens with zero attached hydrogens (tertiary/aromatic N) is 1. The highest BCUT2D eigenvalue weighted by Gasteiger charge is 2.34. The Balaban J connectivity index is 2.80. The minimum atomic E-state index is -0.704. The number of ether oxygens (including phenoxy) is 1. The van der Waals surface area contributed by atoms with E-state index in [4.69, 9.17) is 9.84 Å². The third-order valence-electron chi connectivity index (χ3n) is 2.25. The summed E-state index contributed by atoms with van der Waals surface area (Å²) in [5, 5.41) is 9.16. The van der Waals surface area contributed by atoms with Gasteiger partial charge in [0.2, 0.25) is 0 Å². The number of aromatic nitrogens is 1. The van der Waals surface area contributed by atoms with Gasteiger partial charge in [-0.25, -0.2) is 4.98 Å². The number of rotatable bonds is 4. The van der Waals surface area contributed by atoms with Crippen molar-refractivity contribution in [1.29, 1.82) is 0 Å². The van der Waals surface area contributed by atoms with Crippen molar-refractivity contribution in [3.8, 4) is 0 Å². The molecule has 0 amide bonds. The van der Waals surface area contributed by atoms with Gasteiger partial charge in [-0.3, -0.25) is 4.79 Å². The molecule has 0 radical (unpaired) electrons. The number of carbonyl (C=O) groups is 1. The molecule has 0 aliphatic carbocycles. The highest BCUT2D eigenvalue weighted by atomic mass is 32.2. The molecule has 0 aromatic carbocycles. The molecule has 0 spiro atoms. The van der Waals surface area contributed by atoms with Crippen LogP contribution in [0, 0.1) is 6.92 Å². The first-order valence-corrected chi connectivity index (χ1v) is 7.68. The zero-order valence-electron chi connectivity index (χ0n) is 12.2. The minimum absolute atomic E-state index is 0.0169. The van der Waals surface area contributed by atoms with Crippen molar-refractivity contribution >= 4 is 29.1 Å². The van der Waals surface area contributed by atoms with Crippen LogP contribution in [0.3, 0.4) is 0 Å². The molecule has 0 aliphatic heterocycles. The Kier molecular flexibility index (Phi) is 5.03. The van der Waals surface area contributed by atoms with Gasteiger partial charge in [-0.15, -0.1) is 11.3 Å². The molecule has 1 aromatic heterocycles. The Morgan fingerprint density at radius 3 is 2.37 bits per heavy atom. The monoisotopic (exact) mass is 303 g/mol. The lowest BCUT2D eigenvalue weighted by atomic mass is 10.1. The summed E-state index contributed by atoms with van der Waals surface area (Å²) in [7, 11) is 0. The van der Waals surface area contributed by atoms with E-state index >= 15 is 0 Å². The zero-order valence-corrected chi connectivity index (χ0v) is 13.9. The highest BCUT2D eigenvalue weighted by Crippen LogP contribution is 2.37. The predicted molar refractivity (Wildman–Crippen MR) is 78.6 cm³/mol. The zero-order chi connectivity index (χ0) is 14.8. The molecule has 0 bridgehead atoms. The van der Waals surface area contributed by atoms with Crippen LogP contribution in [0.5, 0.6) is 0 Å². The van der Waals surface area contributed by atoms with Crippen molar-refractivity contribution in [3.05, 3.63) is 10.6 Å². The van der Waals surface area contributed by atoms with Crippen LogP contribution in [0.15, 0.2) is 4.34 Å². The van der Waals surface area contributed by atoms with Gasteiger partial charge in [0.1, 0.15) is 10.3 Å². The SMILES string of the molecule is Cc1nc(SC(C)(C)C(=O)OC(C)(C)C)sc1CO. The molecule has 6 heteroatoms. The number of hydrogen-bond acceptors (Lipinski definition) is 6. The van der Waals surface area contributed by atoms with Crippen LogP contribution in [0.25, 0.3) is 0 Å². The van der Waals surface area contributed by atoms with Gasteiger partial charge >= 0.3 is 5.97 Å². The van der Waals surface area contributed by atoms with Crippen LogP contribution in [0.2, 0.25) is 0 Å². The smallest absolute Gasteiger partial charge is 0.322 e. The Morgan fingerprint density at radius 1 is 1.37 bits per heavy atom. The Hall–Kier alpha value is -0.590. The third kappa shape index (κ3) is 4.78. The normalized spacial score (nSPS) is 12.6. The topological polar surface area (TPSA) is 59.4 Å². The maximum atomic E-state index is 12.1. The second-order valence-corrected chi connectivity index (χ2v) is 8.71. The molecule has 0 unspecified atom stereocenters. The first-order valence-electron chi connectivity index (χ1n) is 6.05. The number of hydrogen-bond donors (Lipinski definition) is 1. The largest absolute Gasteiger partial charge is 0.459 e. The number of aliphatic hydroxyl groups excluding tert-OH is 1. The molecule has 0 aliphatic rings. The Labute approximate surface area is 122 Å². The Bertz CT molecular complexity index is 461. The summed E-state index contributed by atoms with van der Waals surface area (Å²) in [4.78, 5) is 17.3. The molecule has 0 saturated heterocycles. The molecular weight excluding hydrogens is 282 g/mol. The molecular formula is C13H21NO3S2. The van der Waals surface area contributed by atoms with E-state index < -0.39 is 10.3 Å². The lowest BCUT2D eigenvalue weighted by Gasteiger charge is -2.27. The van der Waals surface area contributed by atoms with Crippen LogP contribution < -0.4 is 0 Å². The van der Waals surface area contributed by atoms with Gasteiger partial charge in [0.05, 0.1) is 17.2 Å². The maximum Gasteiger partial charge on any atom is 0.322 e. The van der Waals surface area contributed by atoms with Gasteiger partial charge in [0, 0.05) is 0 Å². The molecule has 1 heterocycles. The third-order valence-corrected chi connectivity index (χ3v) is 4.63. The molecule has 0 atom stereocenters. The van der Waals surface area contributed by atoms with E-state index in [1.165, 1.54) is 23.1 Å². The van der Waals surface area contributed by atoms with Crippen LogP contribution in [-0.4, -0.2) is 26.4 Å². The van der Waals surface area contributed by atoms with E-state index in [1.54, 1.807) is 0 Å². The molecule has 108 valence electrons. The van der Waals surface area contributed by atoms with Gasteiger partial charge in [0.25, 0.3) is 0 Å². The first-order chi connectivity index (χ1) is 8.55. The predicted octanol–water partition coefficient (Wildman–Crippen LogP) is 3.16. The Morgan fingerprint density at radius 2 is 1.95 bits per heavy atom. The summed E-state index contributed by atoms with van der Waals surface area (Å²) < 4.78 is 5.48. The lowest BCUT2D eigenvalue weighted by Crippen LogP contribution is -2.36. The van der Waals surface area contributed by atoms with Crippen molar-refractivity contribution in [1.82, 2.24) is 4.98 Å². The van der Waals surface area contributed by atoms with E-state index in [2.05, 4.69) is 4.98 Å². The van der Waals surface area contributed by atoms with Crippen LogP contribution >= 0.6 is 23.1 Å². The van der Waals surface area contributed by atoms with Gasteiger partial charge in [-0.05, 0) is 41.5 Å². The minimum Gasteiger partial charge on any atom is -0.459 e. The van der Waals surface area contributed by atoms with Crippen molar-refractivity contribution in [2.24, 2.45) is 0 Å². The summed E-state index contributed by atoms with van der Waals surface area (Å²) >= 11 is 2.78. The number of thiazole rings is 1. The summed E-state index contributed by atoms with van der Waals surface area (Å²) in [5.41, 5.74) is 0.319. The van der Waals surface area contributed by atoms with Crippen molar-refractivity contribution in [2.45, 2.75) is 62.8 Å². The first kappa shape index (κ1) is 16.5. The van der Waals surface area contributed by atoms with E-state index in [0.717, 1.165) is 14.9 Å². The second kappa shape index (κ2) is 5.81. The fourth-order valence-corrected chi connectivity index (χ4v) is 3.74. The summed E-state index contributed by atoms with van der Waals surface area (Å²) in [6.07, 6.45) is 0. The van der Waals surface area contributed by atoms with Crippen molar-refractivity contribution in [2.75, 3.05) is 0 Å². The van der Waals surface area contributed by atoms with Gasteiger partial charge < -0.3 is 9.84 Å². The molecule has 0 fully saturated rings. The highest BCUT2D eigenvalue weighted by molar-refractivity contribution is 8.03. The maximum absolute atomic E-state index is 12.1. The van der Waals surface area contributed by atoms with Crippen LogP contribution in [0.4, 0.5) is 0 Å². The number of carbonyl (C=O) groups excluding carboxylic acids is 1. The van der Waals surface area contributed by atoms with Gasteiger partial charge in [0.15, 0.2) is 4.34 Å².